The third kappa shape index (κ3) is 4.06. The molecule has 0 spiro atoms. The van der Waals surface area contributed by atoms with E-state index in [-0.39, 0.29) is 5.91 Å². The van der Waals surface area contributed by atoms with E-state index in [9.17, 15) is 4.79 Å². The van der Waals surface area contributed by atoms with Crippen molar-refractivity contribution >= 4 is 5.91 Å². The zero-order valence-corrected chi connectivity index (χ0v) is 13.3. The van der Waals surface area contributed by atoms with Crippen LogP contribution in [0.1, 0.15) is 28.8 Å². The third-order valence-electron chi connectivity index (χ3n) is 4.16. The molecule has 1 aromatic carbocycles. The molecule has 5 nitrogen and oxygen atoms in total. The van der Waals surface area contributed by atoms with Crippen molar-refractivity contribution in [1.29, 1.82) is 0 Å². The monoisotopic (exact) mass is 311 g/mol. The second-order valence-electron chi connectivity index (χ2n) is 5.95. The summed E-state index contributed by atoms with van der Waals surface area (Å²) in [6.45, 7) is 4.16. The highest BCUT2D eigenvalue weighted by Crippen LogP contribution is 2.20. The van der Waals surface area contributed by atoms with Gasteiger partial charge in [0.15, 0.2) is 0 Å². The highest BCUT2D eigenvalue weighted by molar-refractivity contribution is 5.94. The molecule has 0 radical (unpaired) electrons. The molecule has 1 aliphatic rings. The Morgan fingerprint density at radius 3 is 2.65 bits per heavy atom. The van der Waals surface area contributed by atoms with Crippen molar-refractivity contribution in [3.63, 3.8) is 0 Å². The predicted molar refractivity (Wildman–Crippen MR) is 87.3 cm³/mol. The molecule has 0 unspecified atom stereocenters. The minimum Gasteiger partial charge on any atom is -0.463 e. The fourth-order valence-corrected chi connectivity index (χ4v) is 2.82. The average molecular weight is 311 g/mol. The maximum absolute atomic E-state index is 12.5. The van der Waals surface area contributed by atoms with Crippen molar-refractivity contribution in [2.24, 2.45) is 5.92 Å². The van der Waals surface area contributed by atoms with Gasteiger partial charge in [-0.05, 0) is 43.9 Å². The summed E-state index contributed by atoms with van der Waals surface area (Å²) >= 11 is 0. The summed E-state index contributed by atoms with van der Waals surface area (Å²) in [7, 11) is 0. The van der Waals surface area contributed by atoms with Crippen LogP contribution in [0.5, 0.6) is 6.01 Å². The Kier molecular flexibility index (Phi) is 4.86. The van der Waals surface area contributed by atoms with Crippen LogP contribution in [-0.2, 0) is 0 Å². The quantitative estimate of drug-likeness (QED) is 0.871. The number of ether oxygens (including phenoxy) is 1. The van der Waals surface area contributed by atoms with Crippen LogP contribution in [0.3, 0.4) is 0 Å². The molecule has 0 saturated carbocycles. The number of hydrogen-bond donors (Lipinski definition) is 0. The fourth-order valence-electron chi connectivity index (χ4n) is 2.82. The van der Waals surface area contributed by atoms with Gasteiger partial charge in [0.25, 0.3) is 5.91 Å². The summed E-state index contributed by atoms with van der Waals surface area (Å²) in [4.78, 5) is 22.6. The molecule has 1 aliphatic heterocycles. The highest BCUT2D eigenvalue weighted by atomic mass is 16.5. The van der Waals surface area contributed by atoms with Gasteiger partial charge in [-0.2, -0.15) is 0 Å². The smallest absolute Gasteiger partial charge is 0.316 e. The van der Waals surface area contributed by atoms with E-state index >= 15 is 0 Å². The number of rotatable bonds is 4. The van der Waals surface area contributed by atoms with E-state index in [2.05, 4.69) is 9.97 Å². The molecule has 1 amide bonds. The molecule has 2 aromatic rings. The maximum Gasteiger partial charge on any atom is 0.316 e. The Labute approximate surface area is 136 Å². The lowest BCUT2D eigenvalue weighted by atomic mass is 9.97. The minimum atomic E-state index is 0.125. The molecule has 0 atom stereocenters. The lowest BCUT2D eigenvalue weighted by Crippen LogP contribution is -2.39. The lowest BCUT2D eigenvalue weighted by molar-refractivity contribution is 0.0657. The Balaban J connectivity index is 1.49. The molecule has 1 fully saturated rings. The van der Waals surface area contributed by atoms with Crippen molar-refractivity contribution in [2.45, 2.75) is 19.8 Å². The first kappa shape index (κ1) is 15.5. The van der Waals surface area contributed by atoms with Gasteiger partial charge in [-0.1, -0.05) is 17.7 Å². The Hall–Kier alpha value is -2.43. The number of piperidine rings is 1. The second kappa shape index (κ2) is 7.22. The van der Waals surface area contributed by atoms with Gasteiger partial charge in [0.2, 0.25) is 0 Å². The number of carbonyl (C=O) groups is 1. The number of aryl methyl sites for hydroxylation is 1. The van der Waals surface area contributed by atoms with Crippen LogP contribution in [0.2, 0.25) is 0 Å². The standard InChI is InChI=1S/C18H21N3O2/c1-14-4-2-5-16(12-14)17(22)21-10-6-15(7-11-21)13-23-18-19-8-3-9-20-18/h2-5,8-9,12,15H,6-7,10-11,13H2,1H3. The van der Waals surface area contributed by atoms with Gasteiger partial charge in [-0.15, -0.1) is 0 Å². The van der Waals surface area contributed by atoms with Gasteiger partial charge in [0, 0.05) is 31.0 Å². The molecule has 2 heterocycles. The molecule has 5 heteroatoms. The van der Waals surface area contributed by atoms with E-state index in [4.69, 9.17) is 4.74 Å². The van der Waals surface area contributed by atoms with E-state index in [1.165, 1.54) is 0 Å². The van der Waals surface area contributed by atoms with Crippen LogP contribution in [0.4, 0.5) is 0 Å². The molecule has 1 saturated heterocycles. The predicted octanol–water partition coefficient (Wildman–Crippen LogP) is 2.72. The summed E-state index contributed by atoms with van der Waals surface area (Å²) in [6, 6.07) is 9.96. The molecule has 1 aromatic heterocycles. The van der Waals surface area contributed by atoms with Gasteiger partial charge in [-0.25, -0.2) is 9.97 Å². The average Bonchev–Trinajstić information content (AvgIpc) is 2.61. The van der Waals surface area contributed by atoms with Crippen LogP contribution < -0.4 is 4.74 Å². The van der Waals surface area contributed by atoms with E-state index in [0.29, 0.717) is 18.5 Å². The van der Waals surface area contributed by atoms with Gasteiger partial charge < -0.3 is 9.64 Å². The molecule has 0 N–H and O–H groups in total. The fraction of sp³-hybridized carbons (Fsp3) is 0.389. The first-order valence-corrected chi connectivity index (χ1v) is 7.98. The number of nitrogens with zero attached hydrogens (tertiary/aromatic N) is 3. The van der Waals surface area contributed by atoms with Crippen molar-refractivity contribution < 1.29 is 9.53 Å². The van der Waals surface area contributed by atoms with Gasteiger partial charge in [0.1, 0.15) is 0 Å². The van der Waals surface area contributed by atoms with Crippen LogP contribution in [-0.4, -0.2) is 40.5 Å². The van der Waals surface area contributed by atoms with Gasteiger partial charge in [-0.3, -0.25) is 4.79 Å². The molecule has 120 valence electrons. The number of aromatic nitrogens is 2. The summed E-state index contributed by atoms with van der Waals surface area (Å²) in [5, 5.41) is 0. The van der Waals surface area contributed by atoms with Gasteiger partial charge >= 0.3 is 6.01 Å². The van der Waals surface area contributed by atoms with Gasteiger partial charge in [0.05, 0.1) is 6.61 Å². The second-order valence-corrected chi connectivity index (χ2v) is 5.95. The van der Waals surface area contributed by atoms with Crippen LogP contribution in [0.25, 0.3) is 0 Å². The zero-order chi connectivity index (χ0) is 16.1. The Morgan fingerprint density at radius 2 is 1.96 bits per heavy atom. The SMILES string of the molecule is Cc1cccc(C(=O)N2CCC(COc3ncccn3)CC2)c1. The van der Waals surface area contributed by atoms with E-state index < -0.39 is 0 Å². The molecule has 23 heavy (non-hydrogen) atoms. The van der Waals surface area contributed by atoms with Crippen molar-refractivity contribution in [2.75, 3.05) is 19.7 Å². The topological polar surface area (TPSA) is 55.3 Å². The Bertz CT molecular complexity index is 652. The lowest BCUT2D eigenvalue weighted by Gasteiger charge is -2.31. The molecule has 0 bridgehead atoms. The summed E-state index contributed by atoms with van der Waals surface area (Å²) in [6.07, 6.45) is 5.24. The highest BCUT2D eigenvalue weighted by Gasteiger charge is 2.24. The van der Waals surface area contributed by atoms with E-state index in [1.54, 1.807) is 18.5 Å². The minimum absolute atomic E-state index is 0.125. The van der Waals surface area contributed by atoms with Crippen molar-refractivity contribution in [3.8, 4) is 6.01 Å². The third-order valence-corrected chi connectivity index (χ3v) is 4.16. The molecule has 3 rings (SSSR count). The maximum atomic E-state index is 12.5. The number of hydrogen-bond acceptors (Lipinski definition) is 4. The number of amides is 1. The summed E-state index contributed by atoms with van der Waals surface area (Å²) in [5.74, 6) is 0.569. The van der Waals surface area contributed by atoms with E-state index in [1.807, 2.05) is 36.1 Å². The molecule has 0 aliphatic carbocycles. The number of carbonyl (C=O) groups excluding carboxylic acids is 1. The van der Waals surface area contributed by atoms with Crippen LogP contribution in [0, 0.1) is 12.8 Å². The first-order valence-electron chi connectivity index (χ1n) is 7.98. The van der Waals surface area contributed by atoms with Crippen molar-refractivity contribution in [3.05, 3.63) is 53.9 Å². The van der Waals surface area contributed by atoms with E-state index in [0.717, 1.165) is 37.1 Å². The molecular formula is C18H21N3O2. The first-order chi connectivity index (χ1) is 11.2. The zero-order valence-electron chi connectivity index (χ0n) is 13.3. The van der Waals surface area contributed by atoms with Crippen LogP contribution >= 0.6 is 0 Å². The van der Waals surface area contributed by atoms with Crippen LogP contribution in [0.15, 0.2) is 42.7 Å². The Morgan fingerprint density at radius 1 is 1.22 bits per heavy atom. The molecular weight excluding hydrogens is 290 g/mol. The number of benzene rings is 1. The summed E-state index contributed by atoms with van der Waals surface area (Å²) in [5.41, 5.74) is 1.89. The summed E-state index contributed by atoms with van der Waals surface area (Å²) < 4.78 is 5.62. The largest absolute Gasteiger partial charge is 0.463 e. The van der Waals surface area contributed by atoms with Crippen molar-refractivity contribution in [1.82, 2.24) is 14.9 Å². The normalized spacial score (nSPS) is 15.4. The number of likely N-dealkylation sites (tertiary alicyclic amines) is 1.